The molecule has 0 aliphatic heterocycles. The zero-order valence-corrected chi connectivity index (χ0v) is 20.0. The second-order valence-corrected chi connectivity index (χ2v) is 11.2. The summed E-state index contributed by atoms with van der Waals surface area (Å²) in [6.45, 7) is 4.05. The summed E-state index contributed by atoms with van der Waals surface area (Å²) < 4.78 is 27.6. The quantitative estimate of drug-likeness (QED) is 0.483. The normalized spacial score (nSPS) is 15.5. The van der Waals surface area contributed by atoms with E-state index in [1.165, 1.54) is 47.7 Å². The fourth-order valence-electron chi connectivity index (χ4n) is 3.90. The van der Waals surface area contributed by atoms with Crippen LogP contribution in [-0.2, 0) is 22.9 Å². The van der Waals surface area contributed by atoms with E-state index < -0.39 is 21.8 Å². The third-order valence-corrected chi connectivity index (χ3v) is 8.28. The Kier molecular flexibility index (Phi) is 6.27. The number of nitrogens with one attached hydrogen (secondary N) is 2. The molecule has 1 aromatic heterocycles. The van der Waals surface area contributed by atoms with Crippen molar-refractivity contribution in [2.75, 3.05) is 10.0 Å². The van der Waals surface area contributed by atoms with Crippen LogP contribution in [0, 0.1) is 12.8 Å². The second kappa shape index (κ2) is 8.99. The zero-order chi connectivity index (χ0) is 23.8. The average Bonchev–Trinajstić information content (AvgIpc) is 3.11. The lowest BCUT2D eigenvalue weighted by Gasteiger charge is -2.18. The summed E-state index contributed by atoms with van der Waals surface area (Å²) in [5.41, 5.74) is 8.60. The highest BCUT2D eigenvalue weighted by molar-refractivity contribution is 7.92. The first-order valence-corrected chi connectivity index (χ1v) is 12.9. The standard InChI is InChI=1S/C24H25N3O4S2/c1-14-3-10-18(11-4-14)33(30,31)27-17-8-6-16(7-9-17)23(29)26-24-21(22(25)28)19-12-5-15(2)13-20(19)32-24/h3-4,6-11,15,27H,5,12-13H2,1-2H3,(H2,25,28)(H,26,29). The maximum atomic E-state index is 12.8. The van der Waals surface area contributed by atoms with Crippen LogP contribution in [0.3, 0.4) is 0 Å². The van der Waals surface area contributed by atoms with Gasteiger partial charge < -0.3 is 11.1 Å². The van der Waals surface area contributed by atoms with Crippen LogP contribution in [0.1, 0.15) is 50.1 Å². The monoisotopic (exact) mass is 483 g/mol. The fourth-order valence-corrected chi connectivity index (χ4v) is 6.37. The van der Waals surface area contributed by atoms with E-state index in [1.807, 2.05) is 6.92 Å². The Hall–Kier alpha value is -3.17. The number of hydrogen-bond donors (Lipinski definition) is 3. The number of fused-ring (bicyclic) bond motifs is 1. The summed E-state index contributed by atoms with van der Waals surface area (Å²) in [4.78, 5) is 26.2. The van der Waals surface area contributed by atoms with Crippen molar-refractivity contribution in [3.8, 4) is 0 Å². The first-order chi connectivity index (χ1) is 15.6. The summed E-state index contributed by atoms with van der Waals surface area (Å²) in [5, 5.41) is 3.29. The summed E-state index contributed by atoms with van der Waals surface area (Å²) >= 11 is 1.40. The van der Waals surface area contributed by atoms with Gasteiger partial charge in [-0.3, -0.25) is 14.3 Å². The topological polar surface area (TPSA) is 118 Å². The SMILES string of the molecule is Cc1ccc(S(=O)(=O)Nc2ccc(C(=O)Nc3sc4c(c3C(N)=O)CCC(C)C4)cc2)cc1. The highest BCUT2D eigenvalue weighted by Gasteiger charge is 2.27. The Morgan fingerprint density at radius 1 is 1.06 bits per heavy atom. The molecule has 1 aliphatic carbocycles. The molecule has 9 heteroatoms. The minimum absolute atomic E-state index is 0.157. The van der Waals surface area contributed by atoms with Gasteiger partial charge in [-0.25, -0.2) is 8.42 Å². The Morgan fingerprint density at radius 3 is 2.36 bits per heavy atom. The number of nitrogens with two attached hydrogens (primary N) is 1. The predicted molar refractivity (Wildman–Crippen MR) is 130 cm³/mol. The number of anilines is 2. The van der Waals surface area contributed by atoms with Crippen LogP contribution in [0.2, 0.25) is 0 Å². The molecule has 7 nitrogen and oxygen atoms in total. The molecule has 1 aliphatic rings. The lowest BCUT2D eigenvalue weighted by molar-refractivity contribution is 0.1000. The Bertz CT molecular complexity index is 1310. The zero-order valence-electron chi connectivity index (χ0n) is 18.3. The molecular weight excluding hydrogens is 458 g/mol. The Morgan fingerprint density at radius 2 is 1.73 bits per heavy atom. The lowest BCUT2D eigenvalue weighted by Crippen LogP contribution is -2.19. The highest BCUT2D eigenvalue weighted by atomic mass is 32.2. The number of hydrogen-bond acceptors (Lipinski definition) is 5. The maximum Gasteiger partial charge on any atom is 0.261 e. The first kappa shape index (κ1) is 23.0. The van der Waals surface area contributed by atoms with E-state index in [4.69, 9.17) is 5.73 Å². The lowest BCUT2D eigenvalue weighted by atomic mass is 9.88. The molecule has 33 heavy (non-hydrogen) atoms. The van der Waals surface area contributed by atoms with Crippen LogP contribution >= 0.6 is 11.3 Å². The average molecular weight is 484 g/mol. The Balaban J connectivity index is 1.50. The number of aryl methyl sites for hydroxylation is 1. The summed E-state index contributed by atoms with van der Waals surface area (Å²) in [6.07, 6.45) is 2.63. The molecule has 2 aromatic carbocycles. The van der Waals surface area contributed by atoms with E-state index >= 15 is 0 Å². The number of amides is 2. The molecule has 0 bridgehead atoms. The van der Waals surface area contributed by atoms with Crippen molar-refractivity contribution in [1.82, 2.24) is 0 Å². The van der Waals surface area contributed by atoms with Gasteiger partial charge in [0.1, 0.15) is 5.00 Å². The number of primary amides is 1. The molecule has 0 saturated heterocycles. The van der Waals surface area contributed by atoms with Crippen molar-refractivity contribution >= 4 is 43.9 Å². The van der Waals surface area contributed by atoms with Crippen molar-refractivity contribution < 1.29 is 18.0 Å². The fraction of sp³-hybridized carbons (Fsp3) is 0.250. The summed E-state index contributed by atoms with van der Waals surface area (Å²) in [7, 11) is -3.73. The van der Waals surface area contributed by atoms with Crippen molar-refractivity contribution in [1.29, 1.82) is 0 Å². The highest BCUT2D eigenvalue weighted by Crippen LogP contribution is 2.39. The first-order valence-electron chi connectivity index (χ1n) is 10.6. The van der Waals surface area contributed by atoms with Gasteiger partial charge in [-0.2, -0.15) is 0 Å². The molecule has 1 unspecified atom stereocenters. The van der Waals surface area contributed by atoms with Crippen LogP contribution in [-0.4, -0.2) is 20.2 Å². The van der Waals surface area contributed by atoms with E-state index in [9.17, 15) is 18.0 Å². The molecule has 0 spiro atoms. The van der Waals surface area contributed by atoms with E-state index in [0.717, 1.165) is 35.3 Å². The Labute approximate surface area is 197 Å². The molecule has 1 atom stereocenters. The molecule has 4 rings (SSSR count). The summed E-state index contributed by atoms with van der Waals surface area (Å²) in [5.74, 6) is -0.410. The van der Waals surface area contributed by atoms with Gasteiger partial charge in [0, 0.05) is 16.1 Å². The van der Waals surface area contributed by atoms with Crippen molar-refractivity contribution in [2.45, 2.75) is 38.0 Å². The molecule has 4 N–H and O–H groups in total. The third-order valence-electron chi connectivity index (χ3n) is 5.72. The van der Waals surface area contributed by atoms with Gasteiger partial charge in [0.2, 0.25) is 0 Å². The number of carbonyl (C=O) groups is 2. The minimum Gasteiger partial charge on any atom is -0.365 e. The maximum absolute atomic E-state index is 12.8. The van der Waals surface area contributed by atoms with Gasteiger partial charge in [-0.05, 0) is 74.1 Å². The van der Waals surface area contributed by atoms with Gasteiger partial charge in [-0.1, -0.05) is 24.6 Å². The van der Waals surface area contributed by atoms with E-state index in [1.54, 1.807) is 12.1 Å². The van der Waals surface area contributed by atoms with Gasteiger partial charge in [0.25, 0.3) is 21.8 Å². The number of sulfonamides is 1. The number of benzene rings is 2. The van der Waals surface area contributed by atoms with E-state index in [-0.39, 0.29) is 4.90 Å². The van der Waals surface area contributed by atoms with Gasteiger partial charge in [-0.15, -0.1) is 11.3 Å². The molecule has 0 fully saturated rings. The molecule has 172 valence electrons. The van der Waals surface area contributed by atoms with Gasteiger partial charge >= 0.3 is 0 Å². The van der Waals surface area contributed by atoms with Crippen molar-refractivity contribution in [3.05, 3.63) is 75.7 Å². The molecule has 0 saturated carbocycles. The van der Waals surface area contributed by atoms with Crippen LogP contribution in [0.4, 0.5) is 10.7 Å². The van der Waals surface area contributed by atoms with Crippen LogP contribution in [0.15, 0.2) is 53.4 Å². The van der Waals surface area contributed by atoms with Gasteiger partial charge in [0.15, 0.2) is 0 Å². The molecule has 0 radical (unpaired) electrons. The molecule has 3 aromatic rings. The van der Waals surface area contributed by atoms with E-state index in [0.29, 0.717) is 27.7 Å². The van der Waals surface area contributed by atoms with Crippen molar-refractivity contribution in [2.24, 2.45) is 11.7 Å². The number of thiophene rings is 1. The number of carbonyl (C=O) groups excluding carboxylic acids is 2. The van der Waals surface area contributed by atoms with Crippen LogP contribution in [0.5, 0.6) is 0 Å². The van der Waals surface area contributed by atoms with Crippen LogP contribution < -0.4 is 15.8 Å². The number of rotatable bonds is 6. The largest absolute Gasteiger partial charge is 0.365 e. The second-order valence-electron chi connectivity index (χ2n) is 8.37. The third kappa shape index (κ3) is 4.94. The van der Waals surface area contributed by atoms with Gasteiger partial charge in [0.05, 0.1) is 10.5 Å². The smallest absolute Gasteiger partial charge is 0.261 e. The molecular formula is C24H25N3O4S2. The summed E-state index contributed by atoms with van der Waals surface area (Å²) in [6, 6.07) is 12.6. The van der Waals surface area contributed by atoms with E-state index in [2.05, 4.69) is 17.0 Å². The predicted octanol–water partition coefficient (Wildman–Crippen LogP) is 4.33. The minimum atomic E-state index is -3.73. The van der Waals surface area contributed by atoms with Crippen molar-refractivity contribution in [3.63, 3.8) is 0 Å². The van der Waals surface area contributed by atoms with Crippen LogP contribution in [0.25, 0.3) is 0 Å². The molecule has 1 heterocycles. The molecule has 2 amide bonds.